The molecular formula is C23H26O10. The minimum Gasteiger partial charge on any atom is -0.504 e. The summed E-state index contributed by atoms with van der Waals surface area (Å²) in [5, 5.41) is 80.4. The van der Waals surface area contributed by atoms with Crippen molar-refractivity contribution in [3.8, 4) is 23.0 Å². The van der Waals surface area contributed by atoms with E-state index in [2.05, 4.69) is 0 Å². The molecule has 2 aromatic rings. The molecule has 1 saturated heterocycles. The van der Waals surface area contributed by atoms with Crippen molar-refractivity contribution in [1.29, 1.82) is 0 Å². The molecule has 1 heterocycles. The van der Waals surface area contributed by atoms with Gasteiger partial charge in [0.2, 0.25) is 0 Å². The van der Waals surface area contributed by atoms with E-state index in [1.165, 1.54) is 42.5 Å². The number of aliphatic hydroxyl groups excluding tert-OH is 3. The first kappa shape index (κ1) is 24.5. The third-order valence-electron chi connectivity index (χ3n) is 5.75. The number of ketones is 1. The van der Waals surface area contributed by atoms with Crippen LogP contribution in [0.5, 0.6) is 23.0 Å². The van der Waals surface area contributed by atoms with E-state index in [1.54, 1.807) is 0 Å². The van der Waals surface area contributed by atoms with Gasteiger partial charge in [-0.3, -0.25) is 4.79 Å². The van der Waals surface area contributed by atoms with Crippen LogP contribution in [0.1, 0.15) is 17.5 Å². The van der Waals surface area contributed by atoms with E-state index in [1.807, 2.05) is 0 Å². The molecule has 8 N–H and O–H groups in total. The first-order valence-electron chi connectivity index (χ1n) is 10.2. The van der Waals surface area contributed by atoms with Gasteiger partial charge in [-0.1, -0.05) is 24.3 Å². The van der Waals surface area contributed by atoms with Crippen molar-refractivity contribution in [2.45, 2.75) is 42.9 Å². The molecule has 3 rings (SSSR count). The molecule has 1 aliphatic heterocycles. The van der Waals surface area contributed by atoms with E-state index >= 15 is 0 Å². The maximum absolute atomic E-state index is 12.9. The van der Waals surface area contributed by atoms with Gasteiger partial charge in [-0.05, 0) is 48.2 Å². The van der Waals surface area contributed by atoms with Gasteiger partial charge in [0.25, 0.3) is 0 Å². The summed E-state index contributed by atoms with van der Waals surface area (Å²) in [5.74, 6) is -2.54. The van der Waals surface area contributed by atoms with Crippen molar-refractivity contribution in [3.63, 3.8) is 0 Å². The lowest BCUT2D eigenvalue weighted by molar-refractivity contribution is -0.264. The average Bonchev–Trinajstić information content (AvgIpc) is 2.80. The molecule has 33 heavy (non-hydrogen) atoms. The maximum Gasteiger partial charge on any atom is 0.192 e. The van der Waals surface area contributed by atoms with Gasteiger partial charge in [0.05, 0.1) is 12.7 Å². The van der Waals surface area contributed by atoms with Gasteiger partial charge in [0, 0.05) is 0 Å². The lowest BCUT2D eigenvalue weighted by Gasteiger charge is -2.46. The van der Waals surface area contributed by atoms with E-state index in [0.717, 1.165) is 6.08 Å². The second kappa shape index (κ2) is 9.77. The van der Waals surface area contributed by atoms with Gasteiger partial charge in [-0.25, -0.2) is 0 Å². The summed E-state index contributed by atoms with van der Waals surface area (Å²) in [7, 11) is 0. The van der Waals surface area contributed by atoms with Crippen molar-refractivity contribution in [1.82, 2.24) is 0 Å². The molecule has 10 nitrogen and oxygen atoms in total. The first-order chi connectivity index (χ1) is 15.6. The quantitative estimate of drug-likeness (QED) is 0.204. The summed E-state index contributed by atoms with van der Waals surface area (Å²) in [6.07, 6.45) is -4.24. The highest BCUT2D eigenvalue weighted by Crippen LogP contribution is 2.35. The zero-order valence-corrected chi connectivity index (χ0v) is 17.4. The summed E-state index contributed by atoms with van der Waals surface area (Å²) < 4.78 is 5.50. The number of benzene rings is 2. The molecule has 178 valence electrons. The summed E-state index contributed by atoms with van der Waals surface area (Å²) in [5.41, 5.74) is -2.08. The van der Waals surface area contributed by atoms with Crippen molar-refractivity contribution < 1.29 is 50.4 Å². The van der Waals surface area contributed by atoms with Crippen LogP contribution in [0, 0.1) is 0 Å². The average molecular weight is 462 g/mol. The smallest absolute Gasteiger partial charge is 0.192 e. The van der Waals surface area contributed by atoms with Crippen LogP contribution in [0.4, 0.5) is 0 Å². The molecule has 0 spiro atoms. The van der Waals surface area contributed by atoms with Crippen LogP contribution in [0.2, 0.25) is 0 Å². The fourth-order valence-electron chi connectivity index (χ4n) is 3.80. The predicted molar refractivity (Wildman–Crippen MR) is 115 cm³/mol. The maximum atomic E-state index is 12.9. The van der Waals surface area contributed by atoms with E-state index in [4.69, 9.17) is 4.74 Å². The Balaban J connectivity index is 1.83. The highest BCUT2D eigenvalue weighted by atomic mass is 16.5. The Hall–Kier alpha value is -3.15. The Morgan fingerprint density at radius 1 is 0.970 bits per heavy atom. The molecule has 1 fully saturated rings. The number of phenolic OH excluding ortho intramolecular Hbond substituents is 4. The molecule has 5 atom stereocenters. The fourth-order valence-corrected chi connectivity index (χ4v) is 3.80. The number of carbonyl (C=O) groups is 1. The summed E-state index contributed by atoms with van der Waals surface area (Å²) in [6.45, 7) is -0.743. The number of aromatic hydroxyl groups is 4. The standard InChI is InChI=1S/C23H26O10/c24-11-18-22(31)23(32,19(28)9-5-12-4-7-14(25)16(27)10-12)21(30)17(33-18)8-6-13-2-1-3-15(26)20(13)29/h1-5,7,9-10,17-18,21-22,24-27,29-32H,6,8,11H2/t17?,18-,21+,22-,23-/m1/s1. The molecule has 10 heteroatoms. The van der Waals surface area contributed by atoms with E-state index in [0.29, 0.717) is 11.1 Å². The monoisotopic (exact) mass is 462 g/mol. The van der Waals surface area contributed by atoms with Gasteiger partial charge >= 0.3 is 0 Å². The van der Waals surface area contributed by atoms with Crippen molar-refractivity contribution in [3.05, 3.63) is 53.6 Å². The summed E-state index contributed by atoms with van der Waals surface area (Å²) >= 11 is 0. The number of rotatable bonds is 7. The highest BCUT2D eigenvalue weighted by molar-refractivity contribution is 6.01. The van der Waals surface area contributed by atoms with Crippen molar-refractivity contribution in [2.75, 3.05) is 6.61 Å². The van der Waals surface area contributed by atoms with Gasteiger partial charge < -0.3 is 45.6 Å². The minimum atomic E-state index is -2.72. The van der Waals surface area contributed by atoms with Gasteiger partial charge in [-0.2, -0.15) is 0 Å². The third kappa shape index (κ3) is 4.80. The number of hydrogen-bond donors (Lipinski definition) is 8. The Labute approximate surface area is 188 Å². The first-order valence-corrected chi connectivity index (χ1v) is 10.2. The number of para-hydroxylation sites is 1. The molecule has 0 bridgehead atoms. The van der Waals surface area contributed by atoms with Crippen LogP contribution in [0.15, 0.2) is 42.5 Å². The van der Waals surface area contributed by atoms with Gasteiger partial charge in [-0.15, -0.1) is 0 Å². The van der Waals surface area contributed by atoms with Crippen LogP contribution in [-0.4, -0.2) is 83.3 Å². The number of aliphatic hydroxyl groups is 4. The topological polar surface area (TPSA) is 188 Å². The third-order valence-corrected chi connectivity index (χ3v) is 5.75. The van der Waals surface area contributed by atoms with Gasteiger partial charge in [0.15, 0.2) is 34.4 Å². The van der Waals surface area contributed by atoms with Crippen LogP contribution in [0.3, 0.4) is 0 Å². The number of aryl methyl sites for hydroxylation is 1. The Morgan fingerprint density at radius 3 is 2.33 bits per heavy atom. The number of hydrogen-bond acceptors (Lipinski definition) is 10. The number of carbonyl (C=O) groups excluding carboxylic acids is 1. The molecule has 0 aliphatic carbocycles. The number of phenols is 4. The number of ether oxygens (including phenoxy) is 1. The molecule has 2 aromatic carbocycles. The largest absolute Gasteiger partial charge is 0.504 e. The van der Waals surface area contributed by atoms with Crippen LogP contribution >= 0.6 is 0 Å². The van der Waals surface area contributed by atoms with E-state index in [-0.39, 0.29) is 30.1 Å². The lowest BCUT2D eigenvalue weighted by atomic mass is 9.77. The molecular weight excluding hydrogens is 436 g/mol. The van der Waals surface area contributed by atoms with E-state index < -0.39 is 48.2 Å². The fraction of sp³-hybridized carbons (Fsp3) is 0.348. The summed E-state index contributed by atoms with van der Waals surface area (Å²) in [6, 6.07) is 8.09. The van der Waals surface area contributed by atoms with E-state index in [9.17, 15) is 45.6 Å². The molecule has 0 aromatic heterocycles. The molecule has 0 saturated carbocycles. The SMILES string of the molecule is O=C(C=Cc1ccc(O)c(O)c1)[C@]1(O)[C@H](O)[C@@H](CO)OC(CCc2cccc(O)c2O)[C@@H]1O. The minimum absolute atomic E-state index is 0.0213. The van der Waals surface area contributed by atoms with Gasteiger partial charge in [0.1, 0.15) is 18.3 Å². The van der Waals surface area contributed by atoms with Crippen LogP contribution in [-0.2, 0) is 16.0 Å². The normalized spacial score (nSPS) is 27.6. The van der Waals surface area contributed by atoms with Crippen LogP contribution in [0.25, 0.3) is 6.08 Å². The Kier molecular flexibility index (Phi) is 7.25. The molecule has 0 amide bonds. The predicted octanol–water partition coefficient (Wildman–Crippen LogP) is -0.0633. The molecule has 0 radical (unpaired) electrons. The Morgan fingerprint density at radius 2 is 1.67 bits per heavy atom. The molecule has 1 unspecified atom stereocenters. The van der Waals surface area contributed by atoms with Crippen molar-refractivity contribution in [2.24, 2.45) is 0 Å². The second-order valence-corrected chi connectivity index (χ2v) is 7.88. The zero-order valence-electron chi connectivity index (χ0n) is 17.4. The molecule has 1 aliphatic rings. The Bertz CT molecular complexity index is 1040. The highest BCUT2D eigenvalue weighted by Gasteiger charge is 2.58. The summed E-state index contributed by atoms with van der Waals surface area (Å²) in [4.78, 5) is 12.9. The lowest BCUT2D eigenvalue weighted by Crippen LogP contribution is -2.70. The van der Waals surface area contributed by atoms with Crippen molar-refractivity contribution >= 4 is 11.9 Å². The zero-order chi connectivity index (χ0) is 24.3. The second-order valence-electron chi connectivity index (χ2n) is 7.88. The van der Waals surface area contributed by atoms with Crippen LogP contribution < -0.4 is 0 Å².